The van der Waals surface area contributed by atoms with Gasteiger partial charge in [0.1, 0.15) is 0 Å². The minimum atomic E-state index is 0.521. The van der Waals surface area contributed by atoms with Crippen LogP contribution in [0.4, 0.5) is 0 Å². The third-order valence-electron chi connectivity index (χ3n) is 4.67. The fourth-order valence-corrected chi connectivity index (χ4v) is 3.99. The van der Waals surface area contributed by atoms with Crippen molar-refractivity contribution in [3.63, 3.8) is 0 Å². The van der Waals surface area contributed by atoms with Crippen LogP contribution in [0.15, 0.2) is 10.7 Å². The minimum Gasteiger partial charge on any atom is -0.383 e. The Hall–Kier alpha value is -0.390. The third-order valence-corrected chi connectivity index (χ3v) is 5.28. The number of nitrogens with zero attached hydrogens (tertiary/aromatic N) is 2. The molecule has 5 heteroatoms. The van der Waals surface area contributed by atoms with Crippen LogP contribution in [0.2, 0.25) is 0 Å². The Labute approximate surface area is 130 Å². The zero-order valence-electron chi connectivity index (χ0n) is 12.5. The normalized spacial score (nSPS) is 26.9. The molecule has 0 radical (unpaired) electrons. The first-order valence-electron chi connectivity index (χ1n) is 7.61. The van der Waals surface area contributed by atoms with Crippen molar-refractivity contribution in [2.75, 3.05) is 20.3 Å². The topological polar surface area (TPSA) is 53.1 Å². The molecule has 0 spiro atoms. The molecule has 1 aliphatic rings. The van der Waals surface area contributed by atoms with E-state index in [1.807, 2.05) is 6.20 Å². The van der Waals surface area contributed by atoms with Gasteiger partial charge < -0.3 is 10.5 Å². The molecule has 4 nitrogen and oxygen atoms in total. The zero-order valence-corrected chi connectivity index (χ0v) is 14.1. The minimum absolute atomic E-state index is 0.521. The second-order valence-corrected chi connectivity index (χ2v) is 6.64. The predicted molar refractivity (Wildman–Crippen MR) is 84.7 cm³/mol. The summed E-state index contributed by atoms with van der Waals surface area (Å²) in [6.45, 7) is 4.56. The quantitative estimate of drug-likeness (QED) is 0.862. The molecule has 1 fully saturated rings. The van der Waals surface area contributed by atoms with E-state index in [4.69, 9.17) is 10.5 Å². The summed E-state index contributed by atoms with van der Waals surface area (Å²) < 4.78 is 8.41. The number of hydrogen-bond acceptors (Lipinski definition) is 3. The van der Waals surface area contributed by atoms with Crippen LogP contribution in [-0.2, 0) is 11.3 Å². The second-order valence-electron chi connectivity index (χ2n) is 5.78. The van der Waals surface area contributed by atoms with Gasteiger partial charge in [0.25, 0.3) is 0 Å². The van der Waals surface area contributed by atoms with E-state index in [2.05, 4.69) is 32.6 Å². The van der Waals surface area contributed by atoms with Crippen molar-refractivity contribution >= 4 is 15.9 Å². The molecule has 2 rings (SSSR count). The fourth-order valence-electron chi connectivity index (χ4n) is 3.40. The fraction of sp³-hybridized carbons (Fsp3) is 0.800. The maximum absolute atomic E-state index is 6.02. The number of ether oxygens (including phenoxy) is 1. The average Bonchev–Trinajstić information content (AvgIpc) is 2.85. The molecular weight excluding hydrogens is 318 g/mol. The smallest absolute Gasteiger partial charge is 0.0658 e. The van der Waals surface area contributed by atoms with Crippen molar-refractivity contribution in [1.29, 1.82) is 0 Å². The molecule has 0 aromatic carbocycles. The van der Waals surface area contributed by atoms with E-state index in [0.717, 1.165) is 23.5 Å². The summed E-state index contributed by atoms with van der Waals surface area (Å²) in [5.74, 6) is 1.92. The second kappa shape index (κ2) is 7.57. The van der Waals surface area contributed by atoms with Gasteiger partial charge in [-0.25, -0.2) is 0 Å². The van der Waals surface area contributed by atoms with E-state index < -0.39 is 0 Å². The number of hydrogen-bond donors (Lipinski definition) is 1. The molecule has 114 valence electrons. The van der Waals surface area contributed by atoms with Gasteiger partial charge in [0.15, 0.2) is 0 Å². The molecule has 20 heavy (non-hydrogen) atoms. The largest absolute Gasteiger partial charge is 0.383 e. The predicted octanol–water partition coefficient (Wildman–Crippen LogP) is 3.16. The molecular formula is C15H26BrN3O. The lowest BCUT2D eigenvalue weighted by Crippen LogP contribution is -2.31. The Morgan fingerprint density at radius 2 is 2.30 bits per heavy atom. The molecule has 2 N–H and O–H groups in total. The van der Waals surface area contributed by atoms with Gasteiger partial charge >= 0.3 is 0 Å². The van der Waals surface area contributed by atoms with Gasteiger partial charge in [-0.3, -0.25) is 4.68 Å². The number of halogens is 1. The first-order valence-corrected chi connectivity index (χ1v) is 8.40. The van der Waals surface area contributed by atoms with Gasteiger partial charge in [-0.05, 0) is 47.2 Å². The molecule has 1 aromatic heterocycles. The molecule has 1 aromatic rings. The van der Waals surface area contributed by atoms with Crippen LogP contribution in [0.3, 0.4) is 0 Å². The highest BCUT2D eigenvalue weighted by Gasteiger charge is 2.33. The third kappa shape index (κ3) is 3.43. The van der Waals surface area contributed by atoms with Crippen LogP contribution in [-0.4, -0.2) is 30.0 Å². The van der Waals surface area contributed by atoms with E-state index in [-0.39, 0.29) is 0 Å². The summed E-state index contributed by atoms with van der Waals surface area (Å²) in [6.07, 6.45) is 6.96. The summed E-state index contributed by atoms with van der Waals surface area (Å²) in [5, 5.41) is 4.50. The molecule has 1 saturated carbocycles. The number of methoxy groups -OCH3 is 1. The molecule has 1 heterocycles. The van der Waals surface area contributed by atoms with Crippen molar-refractivity contribution in [1.82, 2.24) is 9.78 Å². The van der Waals surface area contributed by atoms with E-state index >= 15 is 0 Å². The summed E-state index contributed by atoms with van der Waals surface area (Å²) >= 11 is 3.68. The first-order chi connectivity index (χ1) is 9.71. The average molecular weight is 344 g/mol. The Morgan fingerprint density at radius 1 is 1.50 bits per heavy atom. The zero-order chi connectivity index (χ0) is 14.5. The number of aromatic nitrogens is 2. The van der Waals surface area contributed by atoms with Gasteiger partial charge in [-0.15, -0.1) is 0 Å². The van der Waals surface area contributed by atoms with E-state index in [1.54, 1.807) is 7.11 Å². The van der Waals surface area contributed by atoms with Gasteiger partial charge in [0.2, 0.25) is 0 Å². The van der Waals surface area contributed by atoms with Crippen LogP contribution in [0, 0.1) is 11.8 Å². The number of rotatable bonds is 6. The lowest BCUT2D eigenvalue weighted by atomic mass is 9.72. The van der Waals surface area contributed by atoms with Crippen molar-refractivity contribution in [3.05, 3.63) is 16.4 Å². The highest BCUT2D eigenvalue weighted by molar-refractivity contribution is 9.10. The maximum Gasteiger partial charge on any atom is 0.0658 e. The lowest BCUT2D eigenvalue weighted by Gasteiger charge is -2.36. The maximum atomic E-state index is 6.02. The monoisotopic (exact) mass is 343 g/mol. The SMILES string of the molecule is CCC1CCC(CN)C(c2c(Br)cnn2CCOC)C1. The van der Waals surface area contributed by atoms with Crippen LogP contribution < -0.4 is 5.73 Å². The summed E-state index contributed by atoms with van der Waals surface area (Å²) in [4.78, 5) is 0. The summed E-state index contributed by atoms with van der Waals surface area (Å²) in [7, 11) is 1.73. The van der Waals surface area contributed by atoms with Crippen molar-refractivity contribution < 1.29 is 4.74 Å². The lowest BCUT2D eigenvalue weighted by molar-refractivity contribution is 0.177. The highest BCUT2D eigenvalue weighted by Crippen LogP contribution is 2.43. The molecule has 3 unspecified atom stereocenters. The van der Waals surface area contributed by atoms with Gasteiger partial charge in [0, 0.05) is 13.0 Å². The molecule has 0 aliphatic heterocycles. The molecule has 1 aliphatic carbocycles. The molecule has 3 atom stereocenters. The summed E-state index contributed by atoms with van der Waals surface area (Å²) in [6, 6.07) is 0. The van der Waals surface area contributed by atoms with Crippen LogP contribution in [0.1, 0.15) is 44.2 Å². The Bertz CT molecular complexity index is 421. The number of nitrogens with two attached hydrogens (primary N) is 1. The van der Waals surface area contributed by atoms with E-state index in [9.17, 15) is 0 Å². The van der Waals surface area contributed by atoms with Crippen LogP contribution >= 0.6 is 15.9 Å². The van der Waals surface area contributed by atoms with E-state index in [0.29, 0.717) is 18.4 Å². The van der Waals surface area contributed by atoms with Gasteiger partial charge in [0.05, 0.1) is 29.5 Å². The van der Waals surface area contributed by atoms with E-state index in [1.165, 1.54) is 31.4 Å². The Morgan fingerprint density at radius 3 is 2.95 bits per heavy atom. The highest BCUT2D eigenvalue weighted by atomic mass is 79.9. The van der Waals surface area contributed by atoms with Gasteiger partial charge in [-0.2, -0.15) is 5.10 Å². The molecule has 0 saturated heterocycles. The Balaban J connectivity index is 2.24. The van der Waals surface area contributed by atoms with Crippen molar-refractivity contribution in [2.45, 2.75) is 45.1 Å². The van der Waals surface area contributed by atoms with Crippen LogP contribution in [0.5, 0.6) is 0 Å². The molecule has 0 amide bonds. The standard InChI is InChI=1S/C15H26BrN3O/c1-3-11-4-5-12(9-17)13(8-11)15-14(16)10-18-19(15)6-7-20-2/h10-13H,3-9,17H2,1-2H3. The van der Waals surface area contributed by atoms with Crippen molar-refractivity contribution in [2.24, 2.45) is 17.6 Å². The summed E-state index contributed by atoms with van der Waals surface area (Å²) in [5.41, 5.74) is 7.33. The first kappa shape index (κ1) is 16.0. The van der Waals surface area contributed by atoms with Crippen LogP contribution in [0.25, 0.3) is 0 Å². The van der Waals surface area contributed by atoms with Gasteiger partial charge in [-0.1, -0.05) is 19.8 Å². The molecule has 0 bridgehead atoms. The Kier molecular flexibility index (Phi) is 6.05. The van der Waals surface area contributed by atoms with Crippen molar-refractivity contribution in [3.8, 4) is 0 Å².